The minimum absolute atomic E-state index is 0.0000894. The van der Waals surface area contributed by atoms with Crippen LogP contribution in [0.5, 0.6) is 23.0 Å². The number of nitrogens with zero attached hydrogens (tertiary/aromatic N) is 3. The molecule has 0 bridgehead atoms. The number of hydrogen-bond acceptors (Lipinski definition) is 7. The van der Waals surface area contributed by atoms with Crippen molar-refractivity contribution in [1.82, 2.24) is 4.90 Å². The summed E-state index contributed by atoms with van der Waals surface area (Å²) in [5.74, 6) is 2.46. The third kappa shape index (κ3) is 3.45. The van der Waals surface area contributed by atoms with Crippen molar-refractivity contribution in [3.63, 3.8) is 0 Å². The first kappa shape index (κ1) is 19.8. The maximum atomic E-state index is 13.0. The van der Waals surface area contributed by atoms with E-state index in [4.69, 9.17) is 18.9 Å². The van der Waals surface area contributed by atoms with Gasteiger partial charge in [0.05, 0.1) is 53.3 Å². The summed E-state index contributed by atoms with van der Waals surface area (Å²) in [7, 11) is 6.35. The third-order valence-electron chi connectivity index (χ3n) is 5.35. The van der Waals surface area contributed by atoms with Crippen molar-refractivity contribution >= 4 is 11.6 Å². The predicted molar refractivity (Wildman–Crippen MR) is 110 cm³/mol. The molecule has 8 nitrogen and oxygen atoms in total. The Morgan fingerprint density at radius 1 is 0.767 bits per heavy atom. The fraction of sp³-hybridized carbons (Fsp3) is 0.318. The smallest absolute Gasteiger partial charge is 0.231 e. The Morgan fingerprint density at radius 2 is 1.33 bits per heavy atom. The first-order valence-corrected chi connectivity index (χ1v) is 9.46. The monoisotopic (exact) mass is 409 g/mol. The molecule has 0 saturated heterocycles. The summed E-state index contributed by atoms with van der Waals surface area (Å²) in [6.07, 6.45) is 2.42. The molecule has 0 unspecified atom stereocenters. The molecular weight excluding hydrogens is 386 g/mol. The van der Waals surface area contributed by atoms with E-state index in [0.29, 0.717) is 41.7 Å². The van der Waals surface area contributed by atoms with Crippen LogP contribution in [0, 0.1) is 0 Å². The van der Waals surface area contributed by atoms with E-state index in [-0.39, 0.29) is 12.3 Å². The van der Waals surface area contributed by atoms with E-state index in [1.807, 2.05) is 18.2 Å². The number of methoxy groups -OCH3 is 4. The molecule has 0 aromatic heterocycles. The summed E-state index contributed by atoms with van der Waals surface area (Å²) in [4.78, 5) is 14.7. The minimum atomic E-state index is 0.0000894. The molecule has 0 N–H and O–H groups in total. The fourth-order valence-electron chi connectivity index (χ4n) is 3.76. The Hall–Kier alpha value is -3.55. The lowest BCUT2D eigenvalue weighted by Crippen LogP contribution is -2.36. The van der Waals surface area contributed by atoms with Crippen LogP contribution in [-0.2, 0) is 24.2 Å². The van der Waals surface area contributed by atoms with Gasteiger partial charge in [-0.05, 0) is 34.9 Å². The maximum Gasteiger partial charge on any atom is 0.231 e. The maximum absolute atomic E-state index is 13.0. The first-order chi connectivity index (χ1) is 14.6. The molecule has 2 heterocycles. The summed E-state index contributed by atoms with van der Waals surface area (Å²) in [6, 6.07) is 7.47. The van der Waals surface area contributed by atoms with Gasteiger partial charge in [-0.15, -0.1) is 0 Å². The number of rotatable bonds is 5. The van der Waals surface area contributed by atoms with Gasteiger partial charge in [0.25, 0.3) is 0 Å². The molecule has 2 aromatic rings. The highest BCUT2D eigenvalue weighted by atomic mass is 16.5. The number of fused-ring (bicyclic) bond motifs is 2. The van der Waals surface area contributed by atoms with Crippen molar-refractivity contribution < 1.29 is 23.7 Å². The first-order valence-electron chi connectivity index (χ1n) is 9.46. The molecule has 0 fully saturated rings. The number of benzene rings is 2. The molecule has 4 rings (SSSR count). The molecule has 0 aliphatic carbocycles. The summed E-state index contributed by atoms with van der Waals surface area (Å²) < 4.78 is 21.6. The van der Waals surface area contributed by atoms with Crippen LogP contribution in [0.1, 0.15) is 16.7 Å². The average Bonchev–Trinajstić information content (AvgIpc) is 2.98. The van der Waals surface area contributed by atoms with E-state index >= 15 is 0 Å². The van der Waals surface area contributed by atoms with Crippen molar-refractivity contribution in [1.29, 1.82) is 0 Å². The molecule has 2 aromatic carbocycles. The van der Waals surface area contributed by atoms with Crippen molar-refractivity contribution in [2.75, 3.05) is 28.4 Å². The van der Waals surface area contributed by atoms with Crippen molar-refractivity contribution in [3.8, 4) is 23.0 Å². The third-order valence-corrected chi connectivity index (χ3v) is 5.35. The second kappa shape index (κ2) is 8.06. The molecule has 0 spiro atoms. The van der Waals surface area contributed by atoms with Gasteiger partial charge < -0.3 is 23.8 Å². The van der Waals surface area contributed by atoms with Gasteiger partial charge in [0.2, 0.25) is 5.91 Å². The number of allylic oxidation sites excluding steroid dienone is 1. The Labute approximate surface area is 174 Å². The van der Waals surface area contributed by atoms with Crippen LogP contribution in [0.25, 0.3) is 0 Å². The molecule has 2 aliphatic rings. The van der Waals surface area contributed by atoms with E-state index in [2.05, 4.69) is 10.2 Å². The molecule has 156 valence electrons. The quantitative estimate of drug-likeness (QED) is 0.751. The molecular formula is C22H23N3O5. The highest BCUT2D eigenvalue weighted by molar-refractivity contribution is 5.83. The van der Waals surface area contributed by atoms with Crippen LogP contribution < -0.4 is 18.9 Å². The van der Waals surface area contributed by atoms with Crippen LogP contribution in [0.15, 0.2) is 46.4 Å². The number of carbonyl (C=O) groups excluding carboxylic acids is 1. The molecule has 1 amide bonds. The largest absolute Gasteiger partial charge is 0.493 e. The van der Waals surface area contributed by atoms with Crippen LogP contribution in [0.4, 0.5) is 5.69 Å². The molecule has 8 heteroatoms. The highest BCUT2D eigenvalue weighted by Gasteiger charge is 2.28. The summed E-state index contributed by atoms with van der Waals surface area (Å²) >= 11 is 0. The number of amides is 1. The lowest BCUT2D eigenvalue weighted by molar-refractivity contribution is -0.129. The van der Waals surface area contributed by atoms with Crippen molar-refractivity contribution in [2.45, 2.75) is 19.4 Å². The zero-order valence-electron chi connectivity index (χ0n) is 17.4. The summed E-state index contributed by atoms with van der Waals surface area (Å²) in [6.45, 7) is 0.429. The van der Waals surface area contributed by atoms with E-state index < -0.39 is 0 Å². The Morgan fingerprint density at radius 3 is 1.97 bits per heavy atom. The second-order valence-electron chi connectivity index (χ2n) is 6.98. The average molecular weight is 409 g/mol. The topological polar surface area (TPSA) is 82.0 Å². The van der Waals surface area contributed by atoms with Crippen LogP contribution in [0.2, 0.25) is 0 Å². The lowest BCUT2D eigenvalue weighted by Gasteiger charge is -2.31. The van der Waals surface area contributed by atoms with Gasteiger partial charge in [0, 0.05) is 18.2 Å². The minimum Gasteiger partial charge on any atom is -0.493 e. The van der Waals surface area contributed by atoms with Crippen molar-refractivity contribution in [2.24, 2.45) is 10.2 Å². The summed E-state index contributed by atoms with van der Waals surface area (Å²) in [5, 5.41) is 8.45. The van der Waals surface area contributed by atoms with Gasteiger partial charge in [0.1, 0.15) is 0 Å². The van der Waals surface area contributed by atoms with Gasteiger partial charge in [0.15, 0.2) is 23.0 Å². The molecule has 2 aliphatic heterocycles. The number of carbonyl (C=O) groups is 1. The van der Waals surface area contributed by atoms with Gasteiger partial charge in [-0.25, -0.2) is 0 Å². The summed E-state index contributed by atoms with van der Waals surface area (Å²) in [5.41, 5.74) is 4.33. The van der Waals surface area contributed by atoms with Gasteiger partial charge >= 0.3 is 0 Å². The zero-order valence-corrected chi connectivity index (χ0v) is 17.4. The standard InChI is InChI=1S/C22H23N3O5/c1-27-18-6-13-9-22(26)25(12-15(13)8-20(18)29-3)16-5-14-7-19(28-2)21(30-4)10-17(14)24-23-11-16/h6-8,10-11H,5,9,12H2,1-4H3. The SMILES string of the molecule is COc1cc2c(cc1OC)CN(C1=CN=Nc3cc(OC)c(OC)cc3C1)C(=O)C2. The molecule has 0 radical (unpaired) electrons. The van der Waals surface area contributed by atoms with Crippen LogP contribution in [-0.4, -0.2) is 39.2 Å². The molecule has 0 atom stereocenters. The normalized spacial score (nSPS) is 15.0. The lowest BCUT2D eigenvalue weighted by atomic mass is 9.96. The Bertz CT molecular complexity index is 1060. The molecule has 0 saturated carbocycles. The fourth-order valence-corrected chi connectivity index (χ4v) is 3.76. The zero-order chi connectivity index (χ0) is 21.3. The van der Waals surface area contributed by atoms with E-state index in [0.717, 1.165) is 22.4 Å². The number of hydrogen-bond donors (Lipinski definition) is 0. The van der Waals surface area contributed by atoms with Crippen LogP contribution in [0.3, 0.4) is 0 Å². The highest BCUT2D eigenvalue weighted by Crippen LogP contribution is 2.39. The van der Waals surface area contributed by atoms with Crippen LogP contribution >= 0.6 is 0 Å². The number of azo groups is 1. The van der Waals surface area contributed by atoms with Gasteiger partial charge in [-0.3, -0.25) is 4.79 Å². The van der Waals surface area contributed by atoms with Gasteiger partial charge in [-0.1, -0.05) is 0 Å². The van der Waals surface area contributed by atoms with E-state index in [1.165, 1.54) is 0 Å². The van der Waals surface area contributed by atoms with Gasteiger partial charge in [-0.2, -0.15) is 10.2 Å². The molecule has 30 heavy (non-hydrogen) atoms. The Kier molecular flexibility index (Phi) is 5.31. The van der Waals surface area contributed by atoms with E-state index in [9.17, 15) is 4.79 Å². The van der Waals surface area contributed by atoms with E-state index in [1.54, 1.807) is 45.6 Å². The number of ether oxygens (including phenoxy) is 4. The Balaban J connectivity index is 1.66. The predicted octanol–water partition coefficient (Wildman–Crippen LogP) is 3.79. The van der Waals surface area contributed by atoms with Crippen molar-refractivity contribution in [3.05, 3.63) is 52.9 Å². The second-order valence-corrected chi connectivity index (χ2v) is 6.98.